The Hall–Kier alpha value is -3.50. The maximum Gasteiger partial charge on any atom is 0.156 e. The van der Waals surface area contributed by atoms with Crippen LogP contribution in [0.1, 0.15) is 49.1 Å². The zero-order chi connectivity index (χ0) is 27.0. The van der Waals surface area contributed by atoms with Gasteiger partial charge in [-0.05, 0) is 67.3 Å². The maximum atomic E-state index is 12.1. The zero-order valence-corrected chi connectivity index (χ0v) is 23.0. The van der Waals surface area contributed by atoms with Gasteiger partial charge in [-0.2, -0.15) is 0 Å². The van der Waals surface area contributed by atoms with Crippen molar-refractivity contribution < 1.29 is 13.2 Å². The third-order valence-electron chi connectivity index (χ3n) is 9.50. The van der Waals surface area contributed by atoms with Gasteiger partial charge in [0.2, 0.25) is 0 Å². The Morgan fingerprint density at radius 1 is 1.05 bits per heavy atom. The van der Waals surface area contributed by atoms with Crippen LogP contribution in [0.5, 0.6) is 5.75 Å². The van der Waals surface area contributed by atoms with E-state index in [-0.39, 0.29) is 17.4 Å². The summed E-state index contributed by atoms with van der Waals surface area (Å²) in [5.41, 5.74) is 11.5. The SMILES string of the molecule is Nc1ncnc2c1c(-c1ccc3c(c1)OC(c1ccccn1)CC3)cn2C1CC(CN2CC3CC2CS3(=O)=O)C1. The first-order valence-corrected chi connectivity index (χ1v) is 15.9. The van der Waals surface area contributed by atoms with Gasteiger partial charge in [-0.1, -0.05) is 18.2 Å². The molecule has 8 rings (SSSR count). The van der Waals surface area contributed by atoms with Crippen LogP contribution in [0.25, 0.3) is 22.2 Å². The van der Waals surface area contributed by atoms with E-state index < -0.39 is 9.84 Å². The van der Waals surface area contributed by atoms with Gasteiger partial charge in [-0.15, -0.1) is 0 Å². The Labute approximate surface area is 233 Å². The van der Waals surface area contributed by atoms with Crippen molar-refractivity contribution in [3.63, 3.8) is 0 Å². The van der Waals surface area contributed by atoms with Crippen LogP contribution in [0, 0.1) is 5.92 Å². The van der Waals surface area contributed by atoms with E-state index in [9.17, 15) is 8.42 Å². The minimum atomic E-state index is -2.86. The molecule has 2 N–H and O–H groups in total. The molecule has 3 aromatic heterocycles. The monoisotopic (exact) mass is 556 g/mol. The Kier molecular flexibility index (Phi) is 5.47. The molecule has 1 aliphatic carbocycles. The number of nitrogens with zero attached hydrogens (tertiary/aromatic N) is 5. The van der Waals surface area contributed by atoms with Crippen LogP contribution in [0.3, 0.4) is 0 Å². The third kappa shape index (κ3) is 3.91. The quantitative estimate of drug-likeness (QED) is 0.393. The zero-order valence-electron chi connectivity index (χ0n) is 22.2. The number of hydrogen-bond acceptors (Lipinski definition) is 8. The lowest BCUT2D eigenvalue weighted by Gasteiger charge is -2.40. The van der Waals surface area contributed by atoms with Crippen molar-refractivity contribution in [3.8, 4) is 16.9 Å². The topological polar surface area (TPSA) is 116 Å². The van der Waals surface area contributed by atoms with Crippen LogP contribution in [-0.2, 0) is 16.3 Å². The second kappa shape index (κ2) is 9.01. The summed E-state index contributed by atoms with van der Waals surface area (Å²) in [6.45, 7) is 1.69. The van der Waals surface area contributed by atoms with Crippen molar-refractivity contribution in [2.45, 2.75) is 55.5 Å². The number of ether oxygens (including phenoxy) is 1. The summed E-state index contributed by atoms with van der Waals surface area (Å²) >= 11 is 0. The lowest BCUT2D eigenvalue weighted by Crippen LogP contribution is -2.45. The minimum Gasteiger partial charge on any atom is -0.484 e. The van der Waals surface area contributed by atoms with Crippen molar-refractivity contribution in [2.75, 3.05) is 24.6 Å². The fourth-order valence-electron chi connectivity index (χ4n) is 7.32. The minimum absolute atomic E-state index is 0.0588. The number of benzene rings is 1. The Balaban J connectivity index is 1.05. The van der Waals surface area contributed by atoms with Crippen LogP contribution < -0.4 is 10.5 Å². The Morgan fingerprint density at radius 2 is 1.95 bits per heavy atom. The van der Waals surface area contributed by atoms with Gasteiger partial charge in [0.05, 0.1) is 22.1 Å². The fourth-order valence-corrected chi connectivity index (χ4v) is 9.41. The second-order valence-electron chi connectivity index (χ2n) is 11.9. The van der Waals surface area contributed by atoms with Crippen LogP contribution in [0.4, 0.5) is 5.82 Å². The van der Waals surface area contributed by atoms with Gasteiger partial charge in [-0.25, -0.2) is 18.4 Å². The lowest BCUT2D eigenvalue weighted by atomic mass is 9.79. The summed E-state index contributed by atoms with van der Waals surface area (Å²) in [7, 11) is -2.86. The smallest absolute Gasteiger partial charge is 0.156 e. The van der Waals surface area contributed by atoms with Gasteiger partial charge in [0.1, 0.15) is 29.6 Å². The molecule has 40 heavy (non-hydrogen) atoms. The molecule has 3 fully saturated rings. The molecule has 206 valence electrons. The highest BCUT2D eigenvalue weighted by molar-refractivity contribution is 7.92. The summed E-state index contributed by atoms with van der Waals surface area (Å²) in [6, 6.07) is 12.9. The molecule has 3 unspecified atom stereocenters. The van der Waals surface area contributed by atoms with E-state index in [2.05, 4.69) is 48.8 Å². The van der Waals surface area contributed by atoms with E-state index >= 15 is 0 Å². The summed E-state index contributed by atoms with van der Waals surface area (Å²) in [5, 5.41) is 0.730. The molecule has 3 aliphatic heterocycles. The van der Waals surface area contributed by atoms with E-state index in [4.69, 9.17) is 10.5 Å². The standard InChI is InChI=1S/C30H32N6O3S/c31-29-28-24(20-5-4-19-6-7-26(39-27(19)11-20)25-3-1-2-8-32-25)15-36(30(28)34-17-33-29)21-9-18(10-21)13-35-14-23-12-22(35)16-40(23,37)38/h1-5,8,11,15,17-18,21-23,26H,6-7,9-10,12-14,16H2,(H2,31,33,34). The molecule has 0 spiro atoms. The van der Waals surface area contributed by atoms with Crippen molar-refractivity contribution in [2.24, 2.45) is 5.92 Å². The fraction of sp³-hybridized carbons (Fsp3) is 0.433. The number of pyridine rings is 1. The van der Waals surface area contributed by atoms with Crippen molar-refractivity contribution in [3.05, 3.63) is 66.4 Å². The number of hydrogen-bond donors (Lipinski definition) is 1. The van der Waals surface area contributed by atoms with Crippen LogP contribution >= 0.6 is 0 Å². The molecule has 1 aromatic carbocycles. The highest BCUT2D eigenvalue weighted by Crippen LogP contribution is 2.45. The molecule has 0 amide bonds. The highest BCUT2D eigenvalue weighted by atomic mass is 32.2. The maximum absolute atomic E-state index is 12.1. The number of aryl methyl sites for hydroxylation is 1. The predicted molar refractivity (Wildman–Crippen MR) is 153 cm³/mol. The summed E-state index contributed by atoms with van der Waals surface area (Å²) in [5.74, 6) is 2.27. The van der Waals surface area contributed by atoms with Gasteiger partial charge in [0.15, 0.2) is 9.84 Å². The first-order chi connectivity index (χ1) is 19.4. The van der Waals surface area contributed by atoms with Crippen LogP contribution in [0.15, 0.2) is 55.1 Å². The first kappa shape index (κ1) is 24.3. The number of aromatic nitrogens is 4. The van der Waals surface area contributed by atoms with E-state index in [0.717, 1.165) is 72.3 Å². The van der Waals surface area contributed by atoms with Gasteiger partial charge >= 0.3 is 0 Å². The van der Waals surface area contributed by atoms with Gasteiger partial charge < -0.3 is 15.0 Å². The Bertz CT molecular complexity index is 1720. The Morgan fingerprint density at radius 3 is 2.73 bits per heavy atom. The molecule has 6 heterocycles. The number of anilines is 1. The number of likely N-dealkylation sites (tertiary alicyclic amines) is 1. The number of fused-ring (bicyclic) bond motifs is 4. The molecule has 2 saturated heterocycles. The second-order valence-corrected chi connectivity index (χ2v) is 14.2. The number of nitrogens with two attached hydrogens (primary N) is 1. The van der Waals surface area contributed by atoms with E-state index in [1.54, 1.807) is 6.33 Å². The summed E-state index contributed by atoms with van der Waals surface area (Å²) in [4.78, 5) is 15.9. The van der Waals surface area contributed by atoms with Crippen molar-refractivity contribution in [1.29, 1.82) is 0 Å². The number of nitrogen functional groups attached to an aromatic ring is 1. The molecule has 4 aromatic rings. The molecular formula is C30H32N6O3S. The van der Waals surface area contributed by atoms with E-state index in [1.807, 2.05) is 24.4 Å². The first-order valence-electron chi connectivity index (χ1n) is 14.2. The van der Waals surface area contributed by atoms with Crippen molar-refractivity contribution >= 4 is 26.7 Å². The predicted octanol–water partition coefficient (Wildman–Crippen LogP) is 3.96. The van der Waals surface area contributed by atoms with Crippen molar-refractivity contribution in [1.82, 2.24) is 24.4 Å². The van der Waals surface area contributed by atoms with E-state index in [1.165, 1.54) is 5.56 Å². The van der Waals surface area contributed by atoms with Gasteiger partial charge in [0, 0.05) is 43.1 Å². The average Bonchev–Trinajstić information content (AvgIpc) is 3.61. The molecule has 3 atom stereocenters. The molecule has 9 nitrogen and oxygen atoms in total. The molecule has 1 saturated carbocycles. The number of sulfone groups is 1. The number of rotatable bonds is 5. The molecule has 4 aliphatic rings. The molecular weight excluding hydrogens is 524 g/mol. The average molecular weight is 557 g/mol. The van der Waals surface area contributed by atoms with Gasteiger partial charge in [-0.3, -0.25) is 9.88 Å². The normalized spacial score (nSPS) is 28.8. The summed E-state index contributed by atoms with van der Waals surface area (Å²) in [6.07, 6.45) is 10.2. The largest absolute Gasteiger partial charge is 0.484 e. The molecule has 10 heteroatoms. The third-order valence-corrected chi connectivity index (χ3v) is 11.7. The summed E-state index contributed by atoms with van der Waals surface area (Å²) < 4.78 is 33.0. The lowest BCUT2D eigenvalue weighted by molar-refractivity contribution is 0.126. The van der Waals surface area contributed by atoms with E-state index in [0.29, 0.717) is 30.1 Å². The highest BCUT2D eigenvalue weighted by Gasteiger charge is 2.49. The van der Waals surface area contributed by atoms with Gasteiger partial charge in [0.25, 0.3) is 0 Å². The van der Waals surface area contributed by atoms with Crippen LogP contribution in [0.2, 0.25) is 0 Å². The molecule has 0 radical (unpaired) electrons. The molecule has 2 bridgehead atoms. The van der Waals surface area contributed by atoms with Crippen LogP contribution in [-0.4, -0.2) is 63.0 Å².